The van der Waals surface area contributed by atoms with Crippen LogP contribution in [-0.2, 0) is 11.3 Å². The van der Waals surface area contributed by atoms with Gasteiger partial charge >= 0.3 is 0 Å². The third-order valence-corrected chi connectivity index (χ3v) is 3.93. The molecule has 1 heteroatoms. The van der Waals surface area contributed by atoms with Crippen molar-refractivity contribution >= 4 is 0 Å². The Morgan fingerprint density at radius 2 is 1.75 bits per heavy atom. The van der Waals surface area contributed by atoms with E-state index in [0.29, 0.717) is 10.8 Å². The normalized spacial score (nSPS) is 18.4. The summed E-state index contributed by atoms with van der Waals surface area (Å²) in [4.78, 5) is 0. The first-order valence-corrected chi connectivity index (χ1v) is 6.15. The van der Waals surface area contributed by atoms with E-state index in [0.717, 1.165) is 13.2 Å². The lowest BCUT2D eigenvalue weighted by atomic mass is 9.78. The molecule has 1 fully saturated rings. The largest absolute Gasteiger partial charge is 0.376 e. The van der Waals surface area contributed by atoms with E-state index >= 15 is 0 Å². The fourth-order valence-corrected chi connectivity index (χ4v) is 2.20. The van der Waals surface area contributed by atoms with Crippen LogP contribution >= 0.6 is 0 Å². The van der Waals surface area contributed by atoms with Gasteiger partial charge in [0.1, 0.15) is 0 Å². The van der Waals surface area contributed by atoms with Crippen LogP contribution in [0.5, 0.6) is 0 Å². The van der Waals surface area contributed by atoms with Crippen LogP contribution in [-0.4, -0.2) is 6.61 Å². The Kier molecular flexibility index (Phi) is 3.07. The first kappa shape index (κ1) is 11.7. The van der Waals surface area contributed by atoms with Crippen molar-refractivity contribution in [1.29, 1.82) is 0 Å². The van der Waals surface area contributed by atoms with Gasteiger partial charge < -0.3 is 4.74 Å². The number of hydrogen-bond acceptors (Lipinski definition) is 1. The maximum atomic E-state index is 5.87. The summed E-state index contributed by atoms with van der Waals surface area (Å²) in [7, 11) is 0. The SMILES string of the molecule is CC(C)(C)C1(COCc2ccccc2)CC1. The minimum atomic E-state index is 0.379. The van der Waals surface area contributed by atoms with E-state index in [-0.39, 0.29) is 0 Å². The van der Waals surface area contributed by atoms with Crippen molar-refractivity contribution in [3.05, 3.63) is 35.9 Å². The van der Waals surface area contributed by atoms with Crippen LogP contribution in [0.4, 0.5) is 0 Å². The molecule has 1 aromatic rings. The van der Waals surface area contributed by atoms with Gasteiger partial charge in [-0.2, -0.15) is 0 Å². The molecule has 0 aromatic heterocycles. The van der Waals surface area contributed by atoms with Gasteiger partial charge in [-0.3, -0.25) is 0 Å². The van der Waals surface area contributed by atoms with Crippen molar-refractivity contribution in [1.82, 2.24) is 0 Å². The highest BCUT2D eigenvalue weighted by Gasteiger charge is 2.51. The Bertz CT molecular complexity index is 330. The molecule has 0 saturated heterocycles. The van der Waals surface area contributed by atoms with Crippen molar-refractivity contribution in [2.75, 3.05) is 6.61 Å². The highest BCUT2D eigenvalue weighted by atomic mass is 16.5. The van der Waals surface area contributed by atoms with E-state index in [2.05, 4.69) is 45.0 Å². The summed E-state index contributed by atoms with van der Waals surface area (Å²) >= 11 is 0. The Morgan fingerprint density at radius 3 is 2.25 bits per heavy atom. The smallest absolute Gasteiger partial charge is 0.0717 e. The standard InChI is InChI=1S/C15H22O/c1-14(2,3)15(9-10-15)12-16-11-13-7-5-4-6-8-13/h4-8H,9-12H2,1-3H3. The topological polar surface area (TPSA) is 9.23 Å². The lowest BCUT2D eigenvalue weighted by Crippen LogP contribution is -2.26. The fraction of sp³-hybridized carbons (Fsp3) is 0.600. The summed E-state index contributed by atoms with van der Waals surface area (Å²) in [6.45, 7) is 8.63. The van der Waals surface area contributed by atoms with Crippen molar-refractivity contribution in [3.8, 4) is 0 Å². The summed E-state index contributed by atoms with van der Waals surface area (Å²) in [6.07, 6.45) is 2.65. The van der Waals surface area contributed by atoms with Gasteiger partial charge in [-0.15, -0.1) is 0 Å². The highest BCUT2D eigenvalue weighted by Crippen LogP contribution is 2.58. The van der Waals surface area contributed by atoms with Gasteiger partial charge in [0.25, 0.3) is 0 Å². The number of rotatable bonds is 4. The van der Waals surface area contributed by atoms with Crippen LogP contribution in [0.2, 0.25) is 0 Å². The van der Waals surface area contributed by atoms with Gasteiger partial charge in [-0.1, -0.05) is 51.1 Å². The molecule has 0 unspecified atom stereocenters. The molecular weight excluding hydrogens is 196 g/mol. The lowest BCUT2D eigenvalue weighted by molar-refractivity contribution is 0.0312. The third kappa shape index (κ3) is 2.46. The Morgan fingerprint density at radius 1 is 1.12 bits per heavy atom. The van der Waals surface area contributed by atoms with Crippen molar-refractivity contribution in [2.24, 2.45) is 10.8 Å². The van der Waals surface area contributed by atoms with E-state index in [1.807, 2.05) is 6.07 Å². The first-order chi connectivity index (χ1) is 7.54. The molecule has 0 spiro atoms. The minimum Gasteiger partial charge on any atom is -0.376 e. The monoisotopic (exact) mass is 218 g/mol. The fourth-order valence-electron chi connectivity index (χ4n) is 2.20. The van der Waals surface area contributed by atoms with Gasteiger partial charge in [-0.05, 0) is 29.2 Å². The summed E-state index contributed by atoms with van der Waals surface area (Å²) in [5, 5.41) is 0. The molecule has 16 heavy (non-hydrogen) atoms. The zero-order valence-electron chi connectivity index (χ0n) is 10.6. The van der Waals surface area contributed by atoms with Crippen LogP contribution in [0.1, 0.15) is 39.2 Å². The van der Waals surface area contributed by atoms with Crippen LogP contribution in [0.25, 0.3) is 0 Å². The minimum absolute atomic E-state index is 0.379. The van der Waals surface area contributed by atoms with Gasteiger partial charge in [0.2, 0.25) is 0 Å². The maximum Gasteiger partial charge on any atom is 0.0717 e. The van der Waals surface area contributed by atoms with Gasteiger partial charge in [0.15, 0.2) is 0 Å². The predicted molar refractivity (Wildman–Crippen MR) is 67.2 cm³/mol. The van der Waals surface area contributed by atoms with Gasteiger partial charge in [-0.25, -0.2) is 0 Å². The summed E-state index contributed by atoms with van der Waals surface area (Å²) < 4.78 is 5.87. The van der Waals surface area contributed by atoms with Crippen molar-refractivity contribution < 1.29 is 4.74 Å². The summed E-state index contributed by atoms with van der Waals surface area (Å²) in [5.41, 5.74) is 2.10. The molecule has 0 N–H and O–H groups in total. The Labute approximate surface area is 98.8 Å². The highest BCUT2D eigenvalue weighted by molar-refractivity contribution is 5.13. The molecule has 1 nitrogen and oxygen atoms in total. The Hall–Kier alpha value is -0.820. The maximum absolute atomic E-state index is 5.87. The quantitative estimate of drug-likeness (QED) is 0.741. The molecule has 88 valence electrons. The molecule has 0 heterocycles. The average molecular weight is 218 g/mol. The van der Waals surface area contributed by atoms with Crippen LogP contribution in [0.3, 0.4) is 0 Å². The summed E-state index contributed by atoms with van der Waals surface area (Å²) in [6, 6.07) is 10.4. The number of hydrogen-bond donors (Lipinski definition) is 0. The van der Waals surface area contributed by atoms with E-state index < -0.39 is 0 Å². The average Bonchev–Trinajstić information content (AvgIpc) is 3.00. The van der Waals surface area contributed by atoms with E-state index in [1.165, 1.54) is 18.4 Å². The van der Waals surface area contributed by atoms with E-state index in [4.69, 9.17) is 4.74 Å². The second-order valence-electron chi connectivity index (χ2n) is 6.01. The molecule has 0 aliphatic heterocycles. The van der Waals surface area contributed by atoms with E-state index in [9.17, 15) is 0 Å². The molecule has 1 aliphatic carbocycles. The molecule has 0 atom stereocenters. The van der Waals surface area contributed by atoms with Crippen LogP contribution in [0.15, 0.2) is 30.3 Å². The molecule has 0 radical (unpaired) electrons. The number of ether oxygens (including phenoxy) is 1. The van der Waals surface area contributed by atoms with Crippen molar-refractivity contribution in [3.63, 3.8) is 0 Å². The predicted octanol–water partition coefficient (Wildman–Crippen LogP) is 4.03. The van der Waals surface area contributed by atoms with Gasteiger partial charge in [0, 0.05) is 0 Å². The zero-order chi connectivity index (χ0) is 11.6. The molecule has 1 aromatic carbocycles. The van der Waals surface area contributed by atoms with Gasteiger partial charge in [0.05, 0.1) is 13.2 Å². The Balaban J connectivity index is 1.81. The second-order valence-corrected chi connectivity index (χ2v) is 6.01. The molecule has 0 bridgehead atoms. The zero-order valence-corrected chi connectivity index (χ0v) is 10.6. The molecular formula is C15H22O. The number of benzene rings is 1. The molecule has 1 aliphatic rings. The van der Waals surface area contributed by atoms with Crippen LogP contribution < -0.4 is 0 Å². The van der Waals surface area contributed by atoms with E-state index in [1.54, 1.807) is 0 Å². The van der Waals surface area contributed by atoms with Crippen molar-refractivity contribution in [2.45, 2.75) is 40.2 Å². The molecule has 0 amide bonds. The molecule has 1 saturated carbocycles. The first-order valence-electron chi connectivity index (χ1n) is 6.15. The second kappa shape index (κ2) is 4.21. The summed E-state index contributed by atoms with van der Waals surface area (Å²) in [5.74, 6) is 0. The third-order valence-electron chi connectivity index (χ3n) is 3.93. The lowest BCUT2D eigenvalue weighted by Gasteiger charge is -2.30. The molecule has 2 rings (SSSR count). The van der Waals surface area contributed by atoms with Crippen LogP contribution in [0, 0.1) is 10.8 Å².